The number of hydrogen-bond acceptors (Lipinski definition) is 7. The third kappa shape index (κ3) is 3.55. The minimum atomic E-state index is -0.700. The fourth-order valence-electron chi connectivity index (χ4n) is 3.27. The maximum atomic E-state index is 12.7. The molecule has 1 aromatic heterocycles. The summed E-state index contributed by atoms with van der Waals surface area (Å²) in [5, 5.41) is 8.07. The van der Waals surface area contributed by atoms with Crippen LogP contribution in [0, 0.1) is 0 Å². The van der Waals surface area contributed by atoms with Crippen LogP contribution in [0.5, 0.6) is 11.5 Å². The zero-order valence-corrected chi connectivity index (χ0v) is 16.7. The van der Waals surface area contributed by atoms with Crippen molar-refractivity contribution < 1.29 is 23.4 Å². The number of aromatic nitrogens is 2. The first-order valence-corrected chi connectivity index (χ1v) is 9.46. The van der Waals surface area contributed by atoms with Crippen LogP contribution >= 0.6 is 0 Å². The maximum Gasteiger partial charge on any atom is 0.342 e. The van der Waals surface area contributed by atoms with E-state index in [1.807, 2.05) is 31.2 Å². The van der Waals surface area contributed by atoms with Crippen LogP contribution < -0.4 is 9.47 Å². The van der Waals surface area contributed by atoms with Crippen molar-refractivity contribution in [3.05, 3.63) is 59.5 Å². The summed E-state index contributed by atoms with van der Waals surface area (Å²) < 4.78 is 22.3. The molecule has 150 valence electrons. The van der Waals surface area contributed by atoms with E-state index >= 15 is 0 Å². The minimum Gasteiger partial charge on any atom is -0.497 e. The second-order valence-electron chi connectivity index (χ2n) is 7.06. The van der Waals surface area contributed by atoms with E-state index in [0.717, 1.165) is 16.9 Å². The molecule has 0 bridgehead atoms. The van der Waals surface area contributed by atoms with Gasteiger partial charge in [0.25, 0.3) is 5.89 Å². The van der Waals surface area contributed by atoms with Crippen molar-refractivity contribution in [1.82, 2.24) is 10.2 Å². The first kappa shape index (κ1) is 19.0. The van der Waals surface area contributed by atoms with Crippen molar-refractivity contribution in [1.29, 1.82) is 0 Å². The van der Waals surface area contributed by atoms with Crippen LogP contribution in [-0.4, -0.2) is 29.4 Å². The molecular weight excluding hydrogens is 372 g/mol. The fourth-order valence-corrected chi connectivity index (χ4v) is 3.27. The number of benzene rings is 2. The molecule has 0 saturated carbocycles. The van der Waals surface area contributed by atoms with Crippen molar-refractivity contribution in [3.63, 3.8) is 0 Å². The Morgan fingerprint density at radius 3 is 2.59 bits per heavy atom. The largest absolute Gasteiger partial charge is 0.497 e. The topological polar surface area (TPSA) is 83.7 Å². The Kier molecular flexibility index (Phi) is 4.96. The van der Waals surface area contributed by atoms with Crippen molar-refractivity contribution in [3.8, 4) is 23.0 Å². The van der Waals surface area contributed by atoms with Gasteiger partial charge in [0.1, 0.15) is 23.2 Å². The molecule has 0 fully saturated rings. The smallest absolute Gasteiger partial charge is 0.342 e. The van der Waals surface area contributed by atoms with Crippen molar-refractivity contribution in [2.75, 3.05) is 7.11 Å². The van der Waals surface area contributed by atoms with Crippen molar-refractivity contribution in [2.24, 2.45) is 0 Å². The Labute approximate surface area is 168 Å². The molecule has 7 heteroatoms. The molecule has 1 aliphatic heterocycles. The molecule has 2 heterocycles. The van der Waals surface area contributed by atoms with Crippen molar-refractivity contribution in [2.45, 2.75) is 38.9 Å². The molecule has 0 N–H and O–H groups in total. The second kappa shape index (κ2) is 7.58. The number of methoxy groups -OCH3 is 1. The summed E-state index contributed by atoms with van der Waals surface area (Å²) in [4.78, 5) is 12.7. The van der Waals surface area contributed by atoms with E-state index in [1.165, 1.54) is 0 Å². The standard InChI is InChI=1S/C22H22N2O5/c1-12-13(2)27-19-17(12)6-5-7-18(19)22(25)28-14(3)20-23-24-21(29-20)15-8-10-16(26-4)11-9-15/h5-14H,1-4H3/t12-,13-,14-/m0/s1. The van der Waals surface area contributed by atoms with Gasteiger partial charge >= 0.3 is 5.97 Å². The Morgan fingerprint density at radius 1 is 1.10 bits per heavy atom. The Balaban J connectivity index is 1.50. The van der Waals surface area contributed by atoms with E-state index in [2.05, 4.69) is 17.1 Å². The summed E-state index contributed by atoms with van der Waals surface area (Å²) >= 11 is 0. The quantitative estimate of drug-likeness (QED) is 0.587. The third-order valence-corrected chi connectivity index (χ3v) is 5.17. The number of carbonyl (C=O) groups excluding carboxylic acids is 1. The van der Waals surface area contributed by atoms with E-state index in [-0.39, 0.29) is 17.9 Å². The van der Waals surface area contributed by atoms with Crippen LogP contribution in [0.25, 0.3) is 11.5 Å². The van der Waals surface area contributed by atoms with Crippen LogP contribution in [0.1, 0.15) is 54.6 Å². The highest BCUT2D eigenvalue weighted by Gasteiger charge is 2.32. The molecule has 3 atom stereocenters. The number of ether oxygens (including phenoxy) is 3. The number of para-hydroxylation sites is 1. The lowest BCUT2D eigenvalue weighted by molar-refractivity contribution is 0.0275. The van der Waals surface area contributed by atoms with Crippen molar-refractivity contribution >= 4 is 5.97 Å². The average molecular weight is 394 g/mol. The number of esters is 1. The molecule has 7 nitrogen and oxygen atoms in total. The second-order valence-corrected chi connectivity index (χ2v) is 7.06. The zero-order chi connectivity index (χ0) is 20.5. The number of rotatable bonds is 5. The van der Waals surface area contributed by atoms with Gasteiger partial charge in [-0.15, -0.1) is 10.2 Å². The summed E-state index contributed by atoms with van der Waals surface area (Å²) in [6, 6.07) is 12.8. The van der Waals surface area contributed by atoms with Crippen LogP contribution in [0.2, 0.25) is 0 Å². The molecule has 0 spiro atoms. The molecule has 29 heavy (non-hydrogen) atoms. The number of hydrogen-bond donors (Lipinski definition) is 0. The predicted octanol–water partition coefficient (Wildman–Crippen LogP) is 4.55. The van der Waals surface area contributed by atoms with Gasteiger partial charge in [-0.1, -0.05) is 19.1 Å². The summed E-state index contributed by atoms with van der Waals surface area (Å²) in [7, 11) is 1.60. The molecule has 0 amide bonds. The molecule has 4 rings (SSSR count). The highest BCUT2D eigenvalue weighted by molar-refractivity contribution is 5.93. The molecule has 0 saturated heterocycles. The SMILES string of the molecule is COc1ccc(-c2nnc([C@H](C)OC(=O)c3cccc4c3O[C@@H](C)[C@@H]4C)o2)cc1. The molecular formula is C22H22N2O5. The Bertz CT molecular complexity index is 1030. The lowest BCUT2D eigenvalue weighted by atomic mass is 9.97. The highest BCUT2D eigenvalue weighted by atomic mass is 16.6. The van der Waals surface area contributed by atoms with Gasteiger partial charge in [0.2, 0.25) is 5.89 Å². The van der Waals surface area contributed by atoms with Gasteiger partial charge < -0.3 is 18.6 Å². The number of fused-ring (bicyclic) bond motifs is 1. The molecule has 0 aliphatic carbocycles. The van der Waals surface area contributed by atoms with Gasteiger partial charge in [-0.3, -0.25) is 0 Å². The lowest BCUT2D eigenvalue weighted by Gasteiger charge is -2.12. The normalized spacial score (nSPS) is 18.6. The summed E-state index contributed by atoms with van der Waals surface area (Å²) in [6.07, 6.45) is -0.687. The van der Waals surface area contributed by atoms with E-state index in [9.17, 15) is 4.79 Å². The lowest BCUT2D eigenvalue weighted by Crippen LogP contribution is -2.12. The van der Waals surface area contributed by atoms with E-state index in [4.69, 9.17) is 18.6 Å². The van der Waals surface area contributed by atoms with Gasteiger partial charge in [0, 0.05) is 17.0 Å². The van der Waals surface area contributed by atoms with Gasteiger partial charge in [0.15, 0.2) is 6.10 Å². The number of nitrogens with zero attached hydrogens (tertiary/aromatic N) is 2. The Hall–Kier alpha value is -3.35. The van der Waals surface area contributed by atoms with Gasteiger partial charge in [0.05, 0.1) is 7.11 Å². The monoisotopic (exact) mass is 394 g/mol. The molecule has 1 aliphatic rings. The fraction of sp³-hybridized carbons (Fsp3) is 0.318. The average Bonchev–Trinajstić information content (AvgIpc) is 3.33. The first-order chi connectivity index (χ1) is 14.0. The maximum absolute atomic E-state index is 12.7. The zero-order valence-electron chi connectivity index (χ0n) is 16.7. The molecule has 0 unspecified atom stereocenters. The summed E-state index contributed by atoms with van der Waals surface area (Å²) in [6.45, 7) is 5.76. The van der Waals surface area contributed by atoms with Crippen LogP contribution in [-0.2, 0) is 4.74 Å². The van der Waals surface area contributed by atoms with Crippen LogP contribution in [0.15, 0.2) is 46.9 Å². The highest BCUT2D eigenvalue weighted by Crippen LogP contribution is 2.40. The van der Waals surface area contributed by atoms with E-state index < -0.39 is 12.1 Å². The van der Waals surface area contributed by atoms with E-state index in [0.29, 0.717) is 17.2 Å². The Morgan fingerprint density at radius 2 is 1.86 bits per heavy atom. The number of carbonyl (C=O) groups is 1. The predicted molar refractivity (Wildman–Crippen MR) is 105 cm³/mol. The van der Waals surface area contributed by atoms with Gasteiger partial charge in [-0.25, -0.2) is 4.79 Å². The van der Waals surface area contributed by atoms with Gasteiger partial charge in [-0.2, -0.15) is 0 Å². The molecule has 0 radical (unpaired) electrons. The summed E-state index contributed by atoms with van der Waals surface area (Å²) in [5.41, 5.74) is 2.17. The minimum absolute atomic E-state index is 0.0133. The van der Waals surface area contributed by atoms with E-state index in [1.54, 1.807) is 32.2 Å². The van der Waals surface area contributed by atoms with Gasteiger partial charge in [-0.05, 0) is 44.2 Å². The first-order valence-electron chi connectivity index (χ1n) is 9.46. The van der Waals surface area contributed by atoms with Crippen LogP contribution in [0.3, 0.4) is 0 Å². The third-order valence-electron chi connectivity index (χ3n) is 5.17. The molecule has 2 aromatic carbocycles. The van der Waals surface area contributed by atoms with Crippen LogP contribution in [0.4, 0.5) is 0 Å². The summed E-state index contributed by atoms with van der Waals surface area (Å²) in [5.74, 6) is 1.63. The molecule has 3 aromatic rings.